The lowest BCUT2D eigenvalue weighted by Crippen LogP contribution is -2.52. The number of nitrogens with one attached hydrogen (secondary N) is 1. The summed E-state index contributed by atoms with van der Waals surface area (Å²) in [6.45, 7) is 4.77. The van der Waals surface area contributed by atoms with Gasteiger partial charge in [0.25, 0.3) is 0 Å². The van der Waals surface area contributed by atoms with E-state index < -0.39 is 6.04 Å². The third-order valence-electron chi connectivity index (χ3n) is 6.04. The summed E-state index contributed by atoms with van der Waals surface area (Å²) in [6, 6.07) is 15.7. The number of carbonyl (C=O) groups excluding carboxylic acids is 2. The minimum absolute atomic E-state index is 0.0217. The van der Waals surface area contributed by atoms with Gasteiger partial charge in [-0.05, 0) is 48.1 Å². The molecule has 4 rings (SSSR count). The second-order valence-electron chi connectivity index (χ2n) is 7.88. The Morgan fingerprint density at radius 1 is 0.966 bits per heavy atom. The van der Waals surface area contributed by atoms with E-state index in [4.69, 9.17) is 0 Å². The van der Waals surface area contributed by atoms with Crippen LogP contribution in [0.1, 0.15) is 42.5 Å². The van der Waals surface area contributed by atoms with Crippen LogP contribution in [0.5, 0.6) is 0 Å². The lowest BCUT2D eigenvalue weighted by Gasteiger charge is -2.38. The van der Waals surface area contributed by atoms with Crippen molar-refractivity contribution in [1.29, 1.82) is 0 Å². The highest BCUT2D eigenvalue weighted by molar-refractivity contribution is 5.88. The summed E-state index contributed by atoms with van der Waals surface area (Å²) < 4.78 is 0. The standard InChI is InChI=1S/C24H29N3O2/c1-2-22(28)25-23(19-7-4-3-5-8-19)24(29)27-15-13-26(14-16-27)21-12-11-18-9-6-10-20(18)17-21/h3-5,7-8,11-12,17,23H,2,6,9-10,13-16H2,1H3,(H,25,28). The minimum atomic E-state index is -0.616. The molecule has 1 heterocycles. The van der Waals surface area contributed by atoms with E-state index in [0.29, 0.717) is 19.5 Å². The van der Waals surface area contributed by atoms with Crippen molar-refractivity contribution >= 4 is 17.5 Å². The maximum Gasteiger partial charge on any atom is 0.249 e. The molecule has 2 amide bonds. The molecular weight excluding hydrogens is 362 g/mol. The SMILES string of the molecule is CCC(=O)NC(C(=O)N1CCN(c2ccc3c(c2)CCC3)CC1)c1ccccc1. The molecule has 1 aliphatic heterocycles. The Kier molecular flexibility index (Phi) is 5.84. The van der Waals surface area contributed by atoms with E-state index >= 15 is 0 Å². The van der Waals surface area contributed by atoms with Crippen molar-refractivity contribution in [2.24, 2.45) is 0 Å². The van der Waals surface area contributed by atoms with Crippen molar-refractivity contribution in [1.82, 2.24) is 10.2 Å². The van der Waals surface area contributed by atoms with Crippen LogP contribution in [0.2, 0.25) is 0 Å². The summed E-state index contributed by atoms with van der Waals surface area (Å²) >= 11 is 0. The van der Waals surface area contributed by atoms with Crippen molar-refractivity contribution < 1.29 is 9.59 Å². The van der Waals surface area contributed by atoms with E-state index in [9.17, 15) is 9.59 Å². The molecule has 1 fully saturated rings. The number of piperazine rings is 1. The highest BCUT2D eigenvalue weighted by Gasteiger charge is 2.29. The fourth-order valence-corrected chi connectivity index (χ4v) is 4.32. The molecule has 1 aliphatic carbocycles. The molecule has 5 nitrogen and oxygen atoms in total. The third-order valence-corrected chi connectivity index (χ3v) is 6.04. The van der Waals surface area contributed by atoms with Crippen LogP contribution in [0.4, 0.5) is 5.69 Å². The molecule has 0 saturated carbocycles. The van der Waals surface area contributed by atoms with E-state index in [1.807, 2.05) is 35.2 Å². The van der Waals surface area contributed by atoms with Gasteiger partial charge in [-0.2, -0.15) is 0 Å². The predicted octanol–water partition coefficient (Wildman–Crippen LogP) is 3.09. The number of anilines is 1. The fourth-order valence-electron chi connectivity index (χ4n) is 4.32. The molecule has 1 unspecified atom stereocenters. The molecule has 2 aromatic carbocycles. The number of nitrogens with zero attached hydrogens (tertiary/aromatic N) is 2. The van der Waals surface area contributed by atoms with Gasteiger partial charge in [-0.3, -0.25) is 9.59 Å². The van der Waals surface area contributed by atoms with Gasteiger partial charge in [0.15, 0.2) is 0 Å². The normalized spacial score (nSPS) is 17.0. The van der Waals surface area contributed by atoms with Gasteiger partial charge in [0.05, 0.1) is 0 Å². The zero-order chi connectivity index (χ0) is 20.2. The van der Waals surface area contributed by atoms with Gasteiger partial charge in [0.2, 0.25) is 11.8 Å². The van der Waals surface area contributed by atoms with E-state index in [2.05, 4.69) is 28.4 Å². The number of amides is 2. The second kappa shape index (κ2) is 8.68. The van der Waals surface area contributed by atoms with Gasteiger partial charge in [-0.25, -0.2) is 0 Å². The average molecular weight is 392 g/mol. The maximum absolute atomic E-state index is 13.2. The molecule has 5 heteroatoms. The predicted molar refractivity (Wildman–Crippen MR) is 115 cm³/mol. The van der Waals surface area contributed by atoms with E-state index in [1.54, 1.807) is 6.92 Å². The number of fused-ring (bicyclic) bond motifs is 1. The molecule has 0 bridgehead atoms. The Balaban J connectivity index is 1.43. The molecule has 1 atom stereocenters. The quantitative estimate of drug-likeness (QED) is 0.852. The fraction of sp³-hybridized carbons (Fsp3) is 0.417. The first-order valence-corrected chi connectivity index (χ1v) is 10.7. The van der Waals surface area contributed by atoms with Gasteiger partial charge in [-0.1, -0.05) is 43.3 Å². The number of hydrogen-bond donors (Lipinski definition) is 1. The van der Waals surface area contributed by atoms with Crippen LogP contribution in [0.3, 0.4) is 0 Å². The Bertz CT molecular complexity index is 873. The van der Waals surface area contributed by atoms with Gasteiger partial charge < -0.3 is 15.1 Å². The van der Waals surface area contributed by atoms with Crippen molar-refractivity contribution in [3.05, 3.63) is 65.2 Å². The van der Waals surface area contributed by atoms with E-state index in [0.717, 1.165) is 18.7 Å². The van der Waals surface area contributed by atoms with Crippen LogP contribution < -0.4 is 10.2 Å². The summed E-state index contributed by atoms with van der Waals surface area (Å²) in [7, 11) is 0. The highest BCUT2D eigenvalue weighted by Crippen LogP contribution is 2.27. The second-order valence-corrected chi connectivity index (χ2v) is 7.88. The lowest BCUT2D eigenvalue weighted by atomic mass is 10.0. The van der Waals surface area contributed by atoms with Crippen molar-refractivity contribution in [2.45, 2.75) is 38.6 Å². The molecule has 2 aromatic rings. The van der Waals surface area contributed by atoms with Crippen LogP contribution in [0, 0.1) is 0 Å². The van der Waals surface area contributed by atoms with Crippen LogP contribution in [-0.4, -0.2) is 42.9 Å². The molecular formula is C24H29N3O2. The topological polar surface area (TPSA) is 52.7 Å². The monoisotopic (exact) mass is 391 g/mol. The number of rotatable bonds is 5. The average Bonchev–Trinajstić information content (AvgIpc) is 3.25. The first kappa shape index (κ1) is 19.5. The highest BCUT2D eigenvalue weighted by atomic mass is 16.2. The van der Waals surface area contributed by atoms with Gasteiger partial charge in [0, 0.05) is 38.3 Å². The Morgan fingerprint density at radius 3 is 2.41 bits per heavy atom. The Hall–Kier alpha value is -2.82. The third kappa shape index (κ3) is 4.29. The van der Waals surface area contributed by atoms with Gasteiger partial charge >= 0.3 is 0 Å². The molecule has 0 radical (unpaired) electrons. The van der Waals surface area contributed by atoms with E-state index in [1.165, 1.54) is 36.1 Å². The van der Waals surface area contributed by atoms with Gasteiger partial charge in [0.1, 0.15) is 6.04 Å². The van der Waals surface area contributed by atoms with Crippen molar-refractivity contribution in [3.8, 4) is 0 Å². The first-order valence-electron chi connectivity index (χ1n) is 10.7. The number of carbonyl (C=O) groups is 2. The van der Waals surface area contributed by atoms with Gasteiger partial charge in [-0.15, -0.1) is 0 Å². The van der Waals surface area contributed by atoms with Crippen molar-refractivity contribution in [2.75, 3.05) is 31.1 Å². The minimum Gasteiger partial charge on any atom is -0.368 e. The Morgan fingerprint density at radius 2 is 1.69 bits per heavy atom. The smallest absolute Gasteiger partial charge is 0.249 e. The Labute approximate surface area is 172 Å². The summed E-state index contributed by atoms with van der Waals surface area (Å²) in [4.78, 5) is 29.5. The molecule has 2 aliphatic rings. The lowest BCUT2D eigenvalue weighted by molar-refractivity contribution is -0.136. The molecule has 29 heavy (non-hydrogen) atoms. The zero-order valence-electron chi connectivity index (χ0n) is 17.1. The maximum atomic E-state index is 13.2. The zero-order valence-corrected chi connectivity index (χ0v) is 17.1. The molecule has 1 saturated heterocycles. The molecule has 0 spiro atoms. The number of aryl methyl sites for hydroxylation is 2. The molecule has 0 aromatic heterocycles. The van der Waals surface area contributed by atoms with Crippen LogP contribution in [0.25, 0.3) is 0 Å². The number of benzene rings is 2. The van der Waals surface area contributed by atoms with Crippen LogP contribution >= 0.6 is 0 Å². The number of hydrogen-bond acceptors (Lipinski definition) is 3. The van der Waals surface area contributed by atoms with Crippen LogP contribution in [-0.2, 0) is 22.4 Å². The van der Waals surface area contributed by atoms with Crippen LogP contribution in [0.15, 0.2) is 48.5 Å². The molecule has 1 N–H and O–H groups in total. The molecule has 152 valence electrons. The first-order chi connectivity index (χ1) is 14.2. The largest absolute Gasteiger partial charge is 0.368 e. The summed E-state index contributed by atoms with van der Waals surface area (Å²) in [5.41, 5.74) is 5.06. The summed E-state index contributed by atoms with van der Waals surface area (Å²) in [5.74, 6) is -0.129. The van der Waals surface area contributed by atoms with E-state index in [-0.39, 0.29) is 11.8 Å². The summed E-state index contributed by atoms with van der Waals surface area (Å²) in [5, 5.41) is 2.91. The van der Waals surface area contributed by atoms with Crippen molar-refractivity contribution in [3.63, 3.8) is 0 Å². The summed E-state index contributed by atoms with van der Waals surface area (Å²) in [6.07, 6.45) is 3.99.